The van der Waals surface area contributed by atoms with Gasteiger partial charge in [-0.15, -0.1) is 27.1 Å². The van der Waals surface area contributed by atoms with Gasteiger partial charge in [0.25, 0.3) is 29.5 Å². The highest BCUT2D eigenvalue weighted by molar-refractivity contribution is 8.14. The van der Waals surface area contributed by atoms with Crippen molar-refractivity contribution in [2.45, 2.75) is 117 Å². The third kappa shape index (κ3) is 25.2. The number of aromatic nitrogens is 2. The number of fused-ring (bicyclic) bond motifs is 1. The number of carboxylic acids is 1. The molecule has 3 atom stereocenters. The van der Waals surface area contributed by atoms with E-state index in [0.717, 1.165) is 91.5 Å². The number of anilines is 3. The number of phenolic OH excluding ortho intramolecular Hbond substituents is 4. The van der Waals surface area contributed by atoms with Crippen molar-refractivity contribution < 1.29 is 86.4 Å². The fourth-order valence-electron chi connectivity index (χ4n) is 12.0. The van der Waals surface area contributed by atoms with Gasteiger partial charge in [0.15, 0.2) is 54.3 Å². The Bertz CT molecular complexity index is 6020. The van der Waals surface area contributed by atoms with Crippen molar-refractivity contribution in [3.8, 4) is 57.5 Å². The standard InChI is InChI=1S/C35H31Cl3N6O5.C29H31N3O8S4.C24H25NO5S/c1-5-28(49-29-14-9-19(2)15-20(29)3)34(46)39-24-8-6-7-21(16-24)33(45)40-32-30(42-41-23-10-12-25(48-4)13-11-23)35(47)44(43-32)31-26(37)17-22(36)18-27(31)38;1-14-7-8-21(16(3)9-14)39-13-24(34)30-19-12-20(33)15(2)10-22(19)40-23-11-17(4)27(26(36)25(23)35)42-29-32-31-28(43-29)41-18(5)44(6,37)38;1-15-8-9-20(16(2)12-15)30-11-5-10-25-24(29)19-13-21(31-14-22(26)27)17-6-3-4-7-18(17)23(19)28/h6-18,28,30H,5H2,1-4H3,(H,39,46)(H,40,43,45);7-12,18,33,35-36H,13H2,1-6H3,(H,30,34);3-4,6-9,12-13,28H,5,10-11,14H2,1-2H3,(H,25,29)(H,26,27). The lowest BCUT2D eigenvalue weighted by Crippen LogP contribution is -2.39. The quantitative estimate of drug-likeness (QED) is 0.00874. The first-order valence-corrected chi connectivity index (χ1v) is 44.6. The summed E-state index contributed by atoms with van der Waals surface area (Å²) >= 11 is 23.3. The van der Waals surface area contributed by atoms with Crippen molar-refractivity contribution in [3.05, 3.63) is 234 Å². The number of nitrogens with one attached hydrogen (secondary N) is 4. The molecule has 0 bridgehead atoms. The SMILES string of the molecule is CCC(Oc1ccc(C)cc1C)C(=O)Nc1cccc(C(=O)NC2=NN(c3c(Cl)cc(Cl)cc3Cl)C(=O)C2N=Nc2ccc(OC)cc2)c1.Cc1ccc(OCC(=O)Nc2cc(O)c(C)cc2Oc2cc(C)c(Sc3nnc(SC(C)S(C)(=O)=O)s3)c(O)c2O)c(C)c1.Cc1ccc(OCCCNC(=O)c2cc(SCC(=O)O)c3ccccc3c2O)c(C)c1. The Morgan fingerprint density at radius 3 is 1.90 bits per heavy atom. The van der Waals surface area contributed by atoms with E-state index in [2.05, 4.69) is 52.9 Å². The number of aromatic hydroxyl groups is 4. The zero-order valence-corrected chi connectivity index (χ0v) is 75.3. The number of aliphatic carboxylic acids is 1. The highest BCUT2D eigenvalue weighted by Crippen LogP contribution is 2.50. The molecular weight excluding hydrogens is 1750 g/mol. The molecule has 0 aliphatic carbocycles. The molecular formula is C88H87Cl3N10O18S5. The molecule has 5 amide bonds. The predicted molar refractivity (Wildman–Crippen MR) is 485 cm³/mol. The molecule has 12 rings (SSSR count). The Kier molecular flexibility index (Phi) is 32.7. The Morgan fingerprint density at radius 2 is 1.27 bits per heavy atom. The first-order valence-electron chi connectivity index (χ1n) is 38.0. The molecule has 9 N–H and O–H groups in total. The van der Waals surface area contributed by atoms with Gasteiger partial charge in [-0.2, -0.15) is 15.2 Å². The van der Waals surface area contributed by atoms with Crippen molar-refractivity contribution in [2.75, 3.05) is 54.5 Å². The third-order valence-electron chi connectivity index (χ3n) is 18.4. The van der Waals surface area contributed by atoms with Crippen LogP contribution in [0.3, 0.4) is 0 Å². The molecule has 0 saturated heterocycles. The van der Waals surface area contributed by atoms with Gasteiger partial charge < -0.3 is 70.5 Å². The summed E-state index contributed by atoms with van der Waals surface area (Å²) < 4.78 is 52.3. The Morgan fingerprint density at radius 1 is 0.653 bits per heavy atom. The lowest BCUT2D eigenvalue weighted by atomic mass is 10.0. The van der Waals surface area contributed by atoms with Crippen LogP contribution in [0.2, 0.25) is 15.1 Å². The number of hydrogen-bond donors (Lipinski definition) is 9. The van der Waals surface area contributed by atoms with Crippen LogP contribution in [0.15, 0.2) is 198 Å². The largest absolute Gasteiger partial charge is 0.508 e. The highest BCUT2D eigenvalue weighted by Gasteiger charge is 2.41. The second-order valence-electron chi connectivity index (χ2n) is 28.2. The number of rotatable bonds is 30. The molecule has 648 valence electrons. The number of nitrogens with zero attached hydrogens (tertiary/aromatic N) is 6. The maximum atomic E-state index is 13.7. The van der Waals surface area contributed by atoms with Gasteiger partial charge >= 0.3 is 5.97 Å². The van der Waals surface area contributed by atoms with E-state index in [1.165, 1.54) is 49.1 Å². The van der Waals surface area contributed by atoms with Gasteiger partial charge in [0, 0.05) is 45.4 Å². The summed E-state index contributed by atoms with van der Waals surface area (Å²) in [6.45, 7) is 19.0. The minimum absolute atomic E-state index is 0.0587. The van der Waals surface area contributed by atoms with E-state index in [-0.39, 0.29) is 84.7 Å². The monoisotopic (exact) mass is 1840 g/mol. The number of thioether (sulfide) groups is 2. The first kappa shape index (κ1) is 94.4. The van der Waals surface area contributed by atoms with E-state index >= 15 is 0 Å². The zero-order valence-electron chi connectivity index (χ0n) is 69.0. The minimum atomic E-state index is -3.27. The Labute approximate surface area is 747 Å². The van der Waals surface area contributed by atoms with Gasteiger partial charge in [-0.3, -0.25) is 28.8 Å². The first-order chi connectivity index (χ1) is 58.9. The number of halogens is 3. The number of amidine groups is 1. The van der Waals surface area contributed by atoms with Crippen LogP contribution in [0.1, 0.15) is 91.9 Å². The molecule has 1 aliphatic heterocycles. The Hall–Kier alpha value is -11.8. The van der Waals surface area contributed by atoms with Gasteiger partial charge in [0.1, 0.15) is 44.8 Å². The van der Waals surface area contributed by atoms with E-state index in [4.69, 9.17) is 63.6 Å². The summed E-state index contributed by atoms with van der Waals surface area (Å²) in [4.78, 5) is 77.7. The van der Waals surface area contributed by atoms with Gasteiger partial charge in [0.05, 0.1) is 51.3 Å². The molecule has 3 unspecified atom stereocenters. The van der Waals surface area contributed by atoms with Crippen LogP contribution in [0.25, 0.3) is 10.8 Å². The van der Waals surface area contributed by atoms with Crippen molar-refractivity contribution in [1.29, 1.82) is 0 Å². The van der Waals surface area contributed by atoms with Crippen LogP contribution in [0.4, 0.5) is 22.7 Å². The summed E-state index contributed by atoms with van der Waals surface area (Å²) in [5.74, 6) is -2.37. The number of hydrazone groups is 1. The summed E-state index contributed by atoms with van der Waals surface area (Å²) in [7, 11) is -1.73. The van der Waals surface area contributed by atoms with Crippen LogP contribution in [0, 0.1) is 55.4 Å². The molecule has 0 fully saturated rings. The molecule has 0 saturated carbocycles. The summed E-state index contributed by atoms with van der Waals surface area (Å²) in [6.07, 6.45) is 1.39. The van der Waals surface area contributed by atoms with Crippen LogP contribution in [-0.4, -0.2) is 141 Å². The number of phenols is 4. The van der Waals surface area contributed by atoms with Crippen molar-refractivity contribution >= 4 is 166 Å². The molecule has 1 aromatic heterocycles. The second kappa shape index (κ2) is 43.0. The number of methoxy groups -OCH3 is 1. The number of carbonyl (C=O) groups is 6. The van der Waals surface area contributed by atoms with Crippen LogP contribution < -0.4 is 50.0 Å². The summed E-state index contributed by atoms with van der Waals surface area (Å²) in [5.41, 5.74) is 8.45. The molecule has 10 aromatic carbocycles. The lowest BCUT2D eigenvalue weighted by molar-refractivity contribution is -0.134. The number of aryl methyl sites for hydroxylation is 8. The summed E-state index contributed by atoms with van der Waals surface area (Å²) in [5, 5.41) is 86.0. The zero-order chi connectivity index (χ0) is 90.0. The fraction of sp³-hybridized carbons (Fsp3) is 0.239. The highest BCUT2D eigenvalue weighted by atomic mass is 35.5. The lowest BCUT2D eigenvalue weighted by Gasteiger charge is -2.19. The van der Waals surface area contributed by atoms with E-state index in [1.807, 2.05) is 97.0 Å². The number of benzene rings is 10. The van der Waals surface area contributed by atoms with Crippen molar-refractivity contribution in [1.82, 2.24) is 20.8 Å². The third-order valence-corrected chi connectivity index (χ3v) is 26.0. The van der Waals surface area contributed by atoms with E-state index < -0.39 is 67.7 Å². The van der Waals surface area contributed by atoms with Gasteiger partial charge in [-0.1, -0.05) is 160 Å². The van der Waals surface area contributed by atoms with Crippen molar-refractivity contribution in [3.63, 3.8) is 0 Å². The number of ether oxygens (including phenoxy) is 5. The number of azo groups is 1. The number of carboxylic acid groups (broad SMARTS) is 1. The smallest absolute Gasteiger partial charge is 0.313 e. The molecule has 28 nitrogen and oxygen atoms in total. The molecule has 1 aliphatic rings. The minimum Gasteiger partial charge on any atom is -0.508 e. The van der Waals surface area contributed by atoms with Gasteiger partial charge in [-0.05, 0) is 199 Å². The molecule has 2 heterocycles. The van der Waals surface area contributed by atoms with Gasteiger partial charge in [-0.25, -0.2) is 8.42 Å². The van der Waals surface area contributed by atoms with Crippen LogP contribution in [-0.2, 0) is 29.0 Å². The molecule has 0 radical (unpaired) electrons. The van der Waals surface area contributed by atoms with Crippen molar-refractivity contribution in [2.24, 2.45) is 15.3 Å². The van der Waals surface area contributed by atoms with Crippen LogP contribution >= 0.6 is 81.4 Å². The number of sulfone groups is 1. The van der Waals surface area contributed by atoms with Gasteiger partial charge in [0.2, 0.25) is 11.8 Å². The van der Waals surface area contributed by atoms with E-state index in [0.29, 0.717) is 95.0 Å². The average molecular weight is 1840 g/mol. The maximum absolute atomic E-state index is 13.7. The van der Waals surface area contributed by atoms with E-state index in [1.54, 1.807) is 93.6 Å². The number of carbonyl (C=O) groups excluding carboxylic acids is 5. The van der Waals surface area contributed by atoms with Crippen LogP contribution in [0.5, 0.6) is 57.5 Å². The maximum Gasteiger partial charge on any atom is 0.313 e. The number of hydrogen-bond acceptors (Lipinski definition) is 26. The number of amides is 5. The average Bonchev–Trinajstić information content (AvgIpc) is 1.58. The predicted octanol–water partition coefficient (Wildman–Crippen LogP) is 19.2. The molecule has 36 heteroatoms. The second-order valence-corrected chi connectivity index (χ2v) is 37.0. The molecule has 11 aromatic rings. The molecule has 124 heavy (non-hydrogen) atoms. The molecule has 0 spiro atoms. The fourth-order valence-corrected chi connectivity index (χ4v) is 17.9. The summed E-state index contributed by atoms with van der Waals surface area (Å²) in [6, 6.07) is 44.7. The Balaban J connectivity index is 0.000000199. The normalized spacial score (nSPS) is 12.9. The van der Waals surface area contributed by atoms with E-state index in [9.17, 15) is 57.6 Å². The topological polar surface area (TPSA) is 398 Å².